The van der Waals surface area contributed by atoms with Crippen LogP contribution in [-0.2, 0) is 16.0 Å². The van der Waals surface area contributed by atoms with Crippen molar-refractivity contribution in [3.8, 4) is 0 Å². The Labute approximate surface area is 115 Å². The molecule has 0 bridgehead atoms. The quantitative estimate of drug-likeness (QED) is 0.800. The SMILES string of the molecule is O=S1(=O)c2ccc(C(F)(F)F)cc2NCC12CCCC2. The summed E-state index contributed by atoms with van der Waals surface area (Å²) in [6, 6.07) is 2.81. The Kier molecular flexibility index (Phi) is 2.83. The molecular formula is C13H14F3NO2S. The predicted octanol–water partition coefficient (Wildman–Crippen LogP) is 3.22. The van der Waals surface area contributed by atoms with Crippen LogP contribution in [0.4, 0.5) is 18.9 Å². The van der Waals surface area contributed by atoms with Gasteiger partial charge in [-0.15, -0.1) is 0 Å². The molecule has 1 fully saturated rings. The van der Waals surface area contributed by atoms with Gasteiger partial charge in [0.25, 0.3) is 0 Å². The van der Waals surface area contributed by atoms with Crippen LogP contribution in [0.5, 0.6) is 0 Å². The molecule has 0 amide bonds. The van der Waals surface area contributed by atoms with Gasteiger partial charge in [-0.3, -0.25) is 0 Å². The van der Waals surface area contributed by atoms with E-state index in [1.54, 1.807) is 0 Å². The molecule has 1 aromatic carbocycles. The van der Waals surface area contributed by atoms with E-state index in [4.69, 9.17) is 0 Å². The first-order valence-electron chi connectivity index (χ1n) is 6.46. The van der Waals surface area contributed by atoms with Crippen molar-refractivity contribution < 1.29 is 21.6 Å². The summed E-state index contributed by atoms with van der Waals surface area (Å²) in [5.74, 6) is 0. The summed E-state index contributed by atoms with van der Waals surface area (Å²) in [5.41, 5.74) is -0.765. The van der Waals surface area contributed by atoms with Crippen molar-refractivity contribution in [3.05, 3.63) is 23.8 Å². The molecular weight excluding hydrogens is 291 g/mol. The molecule has 1 aliphatic heterocycles. The van der Waals surface area contributed by atoms with E-state index in [0.29, 0.717) is 12.8 Å². The van der Waals surface area contributed by atoms with Crippen molar-refractivity contribution in [2.45, 2.75) is 41.5 Å². The monoisotopic (exact) mass is 305 g/mol. The molecule has 0 radical (unpaired) electrons. The minimum atomic E-state index is -4.47. The first kappa shape index (κ1) is 13.7. The summed E-state index contributed by atoms with van der Waals surface area (Å²) in [7, 11) is -3.57. The molecule has 0 unspecified atom stereocenters. The van der Waals surface area contributed by atoms with Crippen LogP contribution in [0.15, 0.2) is 23.1 Å². The third-order valence-corrected chi connectivity index (χ3v) is 6.91. The summed E-state index contributed by atoms with van der Waals surface area (Å²) >= 11 is 0. The third-order valence-electron chi connectivity index (χ3n) is 4.28. The molecule has 2 aliphatic rings. The first-order chi connectivity index (χ1) is 9.26. The Bertz CT molecular complexity index is 646. The number of fused-ring (bicyclic) bond motifs is 1. The van der Waals surface area contributed by atoms with Crippen LogP contribution in [-0.4, -0.2) is 19.7 Å². The van der Waals surface area contributed by atoms with Crippen molar-refractivity contribution >= 4 is 15.5 Å². The van der Waals surface area contributed by atoms with E-state index in [1.807, 2.05) is 0 Å². The molecule has 0 atom stereocenters. The second-order valence-electron chi connectivity index (χ2n) is 5.46. The number of benzene rings is 1. The Balaban J connectivity index is 2.11. The van der Waals surface area contributed by atoms with Gasteiger partial charge in [-0.05, 0) is 31.0 Å². The third kappa shape index (κ3) is 1.82. The van der Waals surface area contributed by atoms with E-state index in [2.05, 4.69) is 5.32 Å². The van der Waals surface area contributed by atoms with Crippen LogP contribution in [0, 0.1) is 0 Å². The lowest BCUT2D eigenvalue weighted by molar-refractivity contribution is -0.137. The molecule has 1 saturated carbocycles. The summed E-state index contributed by atoms with van der Waals surface area (Å²) in [6.45, 7) is 0.198. The highest BCUT2D eigenvalue weighted by Crippen LogP contribution is 2.46. The van der Waals surface area contributed by atoms with Gasteiger partial charge in [-0.2, -0.15) is 13.2 Å². The van der Waals surface area contributed by atoms with Gasteiger partial charge in [0, 0.05) is 6.54 Å². The fourth-order valence-corrected chi connectivity index (χ4v) is 5.35. The van der Waals surface area contributed by atoms with Gasteiger partial charge in [0.05, 0.1) is 20.9 Å². The molecule has 0 aromatic heterocycles. The van der Waals surface area contributed by atoms with Crippen LogP contribution < -0.4 is 5.32 Å². The number of hydrogen-bond donors (Lipinski definition) is 1. The van der Waals surface area contributed by atoms with Crippen LogP contribution >= 0.6 is 0 Å². The van der Waals surface area contributed by atoms with E-state index in [-0.39, 0.29) is 17.1 Å². The molecule has 3 rings (SSSR count). The summed E-state index contributed by atoms with van der Waals surface area (Å²) in [6.07, 6.45) is -1.64. The molecule has 1 aromatic rings. The van der Waals surface area contributed by atoms with Gasteiger partial charge < -0.3 is 5.32 Å². The highest BCUT2D eigenvalue weighted by Gasteiger charge is 2.50. The number of alkyl halides is 3. The number of sulfone groups is 1. The Hall–Kier alpha value is -1.24. The van der Waals surface area contributed by atoms with Gasteiger partial charge in [0.15, 0.2) is 9.84 Å². The fraction of sp³-hybridized carbons (Fsp3) is 0.538. The van der Waals surface area contributed by atoms with Gasteiger partial charge in [0.1, 0.15) is 0 Å². The molecule has 7 heteroatoms. The van der Waals surface area contributed by atoms with Gasteiger partial charge in [-0.25, -0.2) is 8.42 Å². The maximum Gasteiger partial charge on any atom is 0.416 e. The molecule has 110 valence electrons. The largest absolute Gasteiger partial charge is 0.416 e. The zero-order valence-electron chi connectivity index (χ0n) is 10.6. The average molecular weight is 305 g/mol. The summed E-state index contributed by atoms with van der Waals surface area (Å²) in [4.78, 5) is -0.00125. The predicted molar refractivity (Wildman–Crippen MR) is 68.3 cm³/mol. The van der Waals surface area contributed by atoms with Gasteiger partial charge in [0.2, 0.25) is 0 Å². The second kappa shape index (κ2) is 4.13. The topological polar surface area (TPSA) is 46.2 Å². The molecule has 1 spiro atoms. The molecule has 0 saturated heterocycles. The highest BCUT2D eigenvalue weighted by atomic mass is 32.2. The lowest BCUT2D eigenvalue weighted by Crippen LogP contribution is -2.46. The maximum atomic E-state index is 12.7. The van der Waals surface area contributed by atoms with Crippen molar-refractivity contribution in [3.63, 3.8) is 0 Å². The number of hydrogen-bond acceptors (Lipinski definition) is 3. The zero-order valence-corrected chi connectivity index (χ0v) is 11.4. The lowest BCUT2D eigenvalue weighted by Gasteiger charge is -2.35. The Morgan fingerprint density at radius 3 is 2.40 bits per heavy atom. The molecule has 1 heterocycles. The summed E-state index contributed by atoms with van der Waals surface area (Å²) < 4.78 is 62.5. The van der Waals surface area contributed by atoms with E-state index >= 15 is 0 Å². The van der Waals surface area contributed by atoms with Crippen molar-refractivity contribution in [2.24, 2.45) is 0 Å². The highest BCUT2D eigenvalue weighted by molar-refractivity contribution is 7.93. The van der Waals surface area contributed by atoms with Crippen LogP contribution in [0.25, 0.3) is 0 Å². The van der Waals surface area contributed by atoms with Crippen molar-refractivity contribution in [1.82, 2.24) is 0 Å². The molecule has 20 heavy (non-hydrogen) atoms. The standard InChI is InChI=1S/C13H14F3NO2S/c14-13(15,16)9-3-4-11-10(7-9)17-8-12(20(11,18)19)5-1-2-6-12/h3-4,7,17H,1-2,5-6,8H2. The molecule has 1 aliphatic carbocycles. The van der Waals surface area contributed by atoms with E-state index in [9.17, 15) is 21.6 Å². The van der Waals surface area contributed by atoms with E-state index in [1.165, 1.54) is 0 Å². The van der Waals surface area contributed by atoms with Gasteiger partial charge in [-0.1, -0.05) is 12.8 Å². The number of halogens is 3. The number of anilines is 1. The minimum absolute atomic E-state index is 0.00125. The maximum absolute atomic E-state index is 12.7. The smallest absolute Gasteiger partial charge is 0.382 e. The van der Waals surface area contributed by atoms with Crippen molar-refractivity contribution in [2.75, 3.05) is 11.9 Å². The minimum Gasteiger partial charge on any atom is -0.382 e. The lowest BCUT2D eigenvalue weighted by atomic mass is 10.1. The number of rotatable bonds is 0. The average Bonchev–Trinajstić information content (AvgIpc) is 2.84. The normalized spacial score (nSPS) is 23.4. The zero-order chi connectivity index (χ0) is 14.6. The van der Waals surface area contributed by atoms with Gasteiger partial charge >= 0.3 is 6.18 Å². The second-order valence-corrected chi connectivity index (χ2v) is 7.77. The Morgan fingerprint density at radius 1 is 1.15 bits per heavy atom. The first-order valence-corrected chi connectivity index (χ1v) is 7.94. The van der Waals surface area contributed by atoms with E-state index < -0.39 is 26.3 Å². The van der Waals surface area contributed by atoms with Crippen LogP contribution in [0.2, 0.25) is 0 Å². The van der Waals surface area contributed by atoms with Crippen molar-refractivity contribution in [1.29, 1.82) is 0 Å². The molecule has 1 N–H and O–H groups in total. The van der Waals surface area contributed by atoms with Crippen LogP contribution in [0.1, 0.15) is 31.2 Å². The van der Waals surface area contributed by atoms with Crippen LogP contribution in [0.3, 0.4) is 0 Å². The Morgan fingerprint density at radius 2 is 1.80 bits per heavy atom. The van der Waals surface area contributed by atoms with E-state index in [0.717, 1.165) is 31.0 Å². The summed E-state index contributed by atoms with van der Waals surface area (Å²) in [5, 5.41) is 2.88. The molecule has 3 nitrogen and oxygen atoms in total. The fourth-order valence-electron chi connectivity index (χ4n) is 3.13. The number of nitrogens with one attached hydrogen (secondary N) is 1.